The third-order valence-electron chi connectivity index (χ3n) is 11.8. The molecule has 2 fully saturated rings. The molecule has 0 aliphatic carbocycles. The molecule has 0 bridgehead atoms. The number of hydrogen-bond acceptors (Lipinski definition) is 11. The molecule has 15 nitrogen and oxygen atoms in total. The van der Waals surface area contributed by atoms with Crippen LogP contribution in [0.2, 0.25) is 0 Å². The van der Waals surface area contributed by atoms with Gasteiger partial charge in [-0.2, -0.15) is 4.98 Å². The normalized spacial score (nSPS) is 17.1. The maximum absolute atomic E-state index is 14.2. The maximum Gasteiger partial charge on any atom is 0.363 e. The number of piperazine rings is 1. The molecule has 4 aromatic carbocycles. The standard InChI is InChI=1S/C48H52ClN8O7P/c1-34(58)54-24-26-55(27-25-54)65(49,61)63-32-36-18-14-15-23-39(36)48(37-19-10-6-11-20-37,38-21-12-7-13-22-38)41-33-62-29-28-56(41)57-43-40(31-50-46(53-43)64-44(60)47(2,3)4)51-45(57)52-42(59)30-35-16-8-5-9-17-35/h5-23,31,41H,24-30,32-33H2,1-4H3,(H,51,52,59). The number of morpholine rings is 1. The van der Waals surface area contributed by atoms with Crippen molar-refractivity contribution in [3.8, 4) is 6.01 Å². The second-order valence-corrected chi connectivity index (χ2v) is 20.1. The van der Waals surface area contributed by atoms with Crippen molar-refractivity contribution in [2.24, 2.45) is 5.41 Å². The number of ether oxygens (including phenoxy) is 2. The number of carbonyl (C=O) groups is 3. The molecular formula is C48H52ClN8O7P. The van der Waals surface area contributed by atoms with Crippen LogP contribution in [0, 0.1) is 5.41 Å². The highest BCUT2D eigenvalue weighted by atomic mass is 35.7. The predicted molar refractivity (Wildman–Crippen MR) is 248 cm³/mol. The van der Waals surface area contributed by atoms with Crippen molar-refractivity contribution < 1.29 is 32.9 Å². The molecule has 338 valence electrons. The Morgan fingerprint density at radius 3 is 2.08 bits per heavy atom. The average Bonchev–Trinajstić information content (AvgIpc) is 3.66. The summed E-state index contributed by atoms with van der Waals surface area (Å²) in [5.41, 5.74) is 2.89. The van der Waals surface area contributed by atoms with Gasteiger partial charge in [0.05, 0.1) is 55.9 Å². The van der Waals surface area contributed by atoms with Crippen LogP contribution in [-0.4, -0.2) is 99.0 Å². The van der Waals surface area contributed by atoms with Crippen LogP contribution in [0.4, 0.5) is 5.95 Å². The summed E-state index contributed by atoms with van der Waals surface area (Å²) in [5.74, 6) is -0.696. The van der Waals surface area contributed by atoms with Gasteiger partial charge >= 0.3 is 18.9 Å². The predicted octanol–water partition coefficient (Wildman–Crippen LogP) is 7.36. The van der Waals surface area contributed by atoms with E-state index < -0.39 is 29.7 Å². The van der Waals surface area contributed by atoms with Crippen LogP contribution in [-0.2, 0) is 46.7 Å². The minimum absolute atomic E-state index is 0.0509. The number of nitrogens with zero attached hydrogens (tertiary/aromatic N) is 7. The molecule has 0 radical (unpaired) electrons. The molecule has 65 heavy (non-hydrogen) atoms. The first kappa shape index (κ1) is 45.6. The molecule has 2 atom stereocenters. The van der Waals surface area contributed by atoms with Crippen molar-refractivity contribution in [3.63, 3.8) is 0 Å². The fraction of sp³-hybridized carbons (Fsp3) is 0.333. The highest BCUT2D eigenvalue weighted by Gasteiger charge is 2.50. The van der Waals surface area contributed by atoms with Crippen molar-refractivity contribution in [3.05, 3.63) is 149 Å². The number of anilines is 1. The number of halogens is 1. The number of esters is 1. The highest BCUT2D eigenvalue weighted by molar-refractivity contribution is 7.83. The van der Waals surface area contributed by atoms with E-state index in [0.29, 0.717) is 50.5 Å². The first-order chi connectivity index (χ1) is 31.3. The summed E-state index contributed by atoms with van der Waals surface area (Å²) >= 11 is 6.81. The zero-order valence-electron chi connectivity index (χ0n) is 36.8. The molecule has 2 saturated heterocycles. The zero-order valence-corrected chi connectivity index (χ0v) is 38.5. The fourth-order valence-corrected chi connectivity index (χ4v) is 10.3. The van der Waals surface area contributed by atoms with Gasteiger partial charge in [-0.3, -0.25) is 29.3 Å². The van der Waals surface area contributed by atoms with E-state index in [0.717, 1.165) is 27.8 Å². The van der Waals surface area contributed by atoms with E-state index >= 15 is 0 Å². The number of nitrogens with one attached hydrogen (secondary N) is 1. The Bertz CT molecular complexity index is 2650. The van der Waals surface area contributed by atoms with Gasteiger partial charge in [-0.15, -0.1) is 0 Å². The quantitative estimate of drug-likeness (QED) is 0.0698. The maximum atomic E-state index is 14.2. The number of benzene rings is 4. The number of fused-ring (bicyclic) bond motifs is 1. The molecule has 2 amide bonds. The van der Waals surface area contributed by atoms with E-state index in [-0.39, 0.29) is 43.4 Å². The Labute approximate surface area is 382 Å². The Balaban J connectivity index is 1.29. The lowest BCUT2D eigenvalue weighted by Crippen LogP contribution is -2.62. The second-order valence-electron chi connectivity index (χ2n) is 17.1. The molecule has 8 rings (SSSR count). The molecular weight excluding hydrogens is 867 g/mol. The highest BCUT2D eigenvalue weighted by Crippen LogP contribution is 2.57. The van der Waals surface area contributed by atoms with Crippen LogP contribution in [0.5, 0.6) is 6.01 Å². The molecule has 0 saturated carbocycles. The fourth-order valence-electron chi connectivity index (χ4n) is 8.55. The van der Waals surface area contributed by atoms with E-state index in [1.54, 1.807) is 35.0 Å². The Morgan fingerprint density at radius 2 is 1.45 bits per heavy atom. The number of hydrogen-bond donors (Lipinski definition) is 1. The number of amides is 2. The van der Waals surface area contributed by atoms with E-state index in [2.05, 4.69) is 39.6 Å². The van der Waals surface area contributed by atoms with Gasteiger partial charge < -0.3 is 18.9 Å². The average molecular weight is 919 g/mol. The van der Waals surface area contributed by atoms with E-state index in [1.807, 2.05) is 91.0 Å². The summed E-state index contributed by atoms with van der Waals surface area (Å²) in [6.07, 6.45) is 1.56. The van der Waals surface area contributed by atoms with E-state index in [1.165, 1.54) is 13.1 Å². The topological polar surface area (TPSA) is 161 Å². The van der Waals surface area contributed by atoms with Crippen LogP contribution < -0.4 is 15.1 Å². The minimum atomic E-state index is -3.86. The van der Waals surface area contributed by atoms with Crippen LogP contribution >= 0.6 is 18.1 Å². The van der Waals surface area contributed by atoms with Crippen molar-refractivity contribution in [2.45, 2.75) is 52.2 Å². The van der Waals surface area contributed by atoms with Gasteiger partial charge in [-0.05, 0) is 59.8 Å². The molecule has 1 N–H and O–H groups in total. The molecule has 2 unspecified atom stereocenters. The van der Waals surface area contributed by atoms with Gasteiger partial charge in [-0.1, -0.05) is 115 Å². The molecule has 17 heteroatoms. The van der Waals surface area contributed by atoms with E-state index in [4.69, 9.17) is 35.2 Å². The number of imidazole rings is 1. The minimum Gasteiger partial charge on any atom is -0.390 e. The second kappa shape index (κ2) is 19.3. The van der Waals surface area contributed by atoms with Crippen LogP contribution in [0.3, 0.4) is 0 Å². The summed E-state index contributed by atoms with van der Waals surface area (Å²) in [6.45, 7) is 4.96. The number of aromatic nitrogens is 4. The SMILES string of the molecule is CC(=O)N1CCN(P(=O)(Cl)OCc2ccccc2C(c2ccccc2)(c2ccccc2)C2COCCN2n2c(NC(=O)Cc3ccccc3)nc3cnc(OC(=O)C(C)(C)C)nc32)CC1. The van der Waals surface area contributed by atoms with Gasteiger partial charge in [0.2, 0.25) is 17.8 Å². The van der Waals surface area contributed by atoms with Gasteiger partial charge in [0.15, 0.2) is 5.65 Å². The monoisotopic (exact) mass is 918 g/mol. The van der Waals surface area contributed by atoms with Gasteiger partial charge in [0.25, 0.3) is 0 Å². The molecule has 2 aliphatic rings. The van der Waals surface area contributed by atoms with Crippen LogP contribution in [0.15, 0.2) is 121 Å². The lowest BCUT2D eigenvalue weighted by atomic mass is 9.63. The molecule has 2 aliphatic heterocycles. The smallest absolute Gasteiger partial charge is 0.363 e. The summed E-state index contributed by atoms with van der Waals surface area (Å²) < 4.78 is 36.0. The summed E-state index contributed by atoms with van der Waals surface area (Å²) in [4.78, 5) is 54.9. The summed E-state index contributed by atoms with van der Waals surface area (Å²) in [7, 11) is 0. The third-order valence-corrected chi connectivity index (χ3v) is 14.2. The largest absolute Gasteiger partial charge is 0.390 e. The molecule has 4 heterocycles. The number of rotatable bonds is 13. The number of carbonyl (C=O) groups excluding carboxylic acids is 3. The van der Waals surface area contributed by atoms with E-state index in [9.17, 15) is 18.9 Å². The molecule has 6 aromatic rings. The lowest BCUT2D eigenvalue weighted by molar-refractivity contribution is -0.143. The summed E-state index contributed by atoms with van der Waals surface area (Å²) in [5, 5.41) is 5.17. The van der Waals surface area contributed by atoms with Gasteiger partial charge in [0, 0.05) is 33.1 Å². The Hall–Kier alpha value is -5.96. The Kier molecular flexibility index (Phi) is 13.5. The van der Waals surface area contributed by atoms with Crippen molar-refractivity contribution in [1.82, 2.24) is 29.2 Å². The first-order valence-corrected chi connectivity index (χ1v) is 24.0. The Morgan fingerprint density at radius 1 is 0.831 bits per heavy atom. The van der Waals surface area contributed by atoms with Crippen LogP contribution in [0.25, 0.3) is 11.2 Å². The molecule has 2 aromatic heterocycles. The third kappa shape index (κ3) is 9.71. The van der Waals surface area contributed by atoms with Gasteiger partial charge in [0.1, 0.15) is 5.52 Å². The zero-order chi connectivity index (χ0) is 45.8. The van der Waals surface area contributed by atoms with Crippen molar-refractivity contribution >= 4 is 53.0 Å². The van der Waals surface area contributed by atoms with Crippen molar-refractivity contribution in [1.29, 1.82) is 0 Å². The van der Waals surface area contributed by atoms with Gasteiger partial charge in [-0.25, -0.2) is 19.3 Å². The summed E-state index contributed by atoms with van der Waals surface area (Å²) in [6, 6.07) is 36.6. The van der Waals surface area contributed by atoms with Crippen molar-refractivity contribution in [2.75, 3.05) is 56.3 Å². The van der Waals surface area contributed by atoms with Crippen LogP contribution in [0.1, 0.15) is 55.5 Å². The lowest BCUT2D eigenvalue weighted by Gasteiger charge is -2.50. The molecule has 0 spiro atoms. The first-order valence-electron chi connectivity index (χ1n) is 21.6.